The van der Waals surface area contributed by atoms with Gasteiger partial charge in [-0.25, -0.2) is 0 Å². The Morgan fingerprint density at radius 3 is 2.61 bits per heavy atom. The highest BCUT2D eigenvalue weighted by Crippen LogP contribution is 2.29. The fourth-order valence-electron chi connectivity index (χ4n) is 2.26. The number of thioether (sulfide) groups is 1. The number of unbranched alkanes of at least 4 members (excludes halogenated alkanes) is 2. The summed E-state index contributed by atoms with van der Waals surface area (Å²) in [7, 11) is 0. The zero-order valence-corrected chi connectivity index (χ0v) is 16.2. The molecule has 1 aromatic rings. The van der Waals surface area contributed by atoms with Crippen LogP contribution in [-0.2, 0) is 4.79 Å². The van der Waals surface area contributed by atoms with E-state index in [1.54, 1.807) is 0 Å². The summed E-state index contributed by atoms with van der Waals surface area (Å²) in [5, 5.41) is 3.53. The second-order valence-corrected chi connectivity index (χ2v) is 7.85. The molecule has 0 unspecified atom stereocenters. The Balaban J connectivity index is 2.43. The van der Waals surface area contributed by atoms with E-state index in [0.717, 1.165) is 40.8 Å². The van der Waals surface area contributed by atoms with Gasteiger partial charge in [-0.05, 0) is 49.1 Å². The molecule has 0 aliphatic carbocycles. The van der Waals surface area contributed by atoms with Crippen LogP contribution in [0.1, 0.15) is 65.7 Å². The van der Waals surface area contributed by atoms with Crippen molar-refractivity contribution in [3.05, 3.63) is 24.3 Å². The highest BCUT2D eigenvalue weighted by molar-refractivity contribution is 8.13. The van der Waals surface area contributed by atoms with Crippen LogP contribution in [0.25, 0.3) is 0 Å². The van der Waals surface area contributed by atoms with E-state index in [0.29, 0.717) is 6.42 Å². The van der Waals surface area contributed by atoms with Gasteiger partial charge in [-0.2, -0.15) is 0 Å². The molecule has 128 valence electrons. The van der Waals surface area contributed by atoms with Crippen LogP contribution in [0.4, 0.5) is 5.69 Å². The van der Waals surface area contributed by atoms with E-state index in [1.807, 2.05) is 31.2 Å². The van der Waals surface area contributed by atoms with Gasteiger partial charge in [0.25, 0.3) is 0 Å². The normalized spacial score (nSPS) is 10.8. The van der Waals surface area contributed by atoms with Crippen molar-refractivity contribution in [2.45, 2.75) is 70.6 Å². The molecule has 2 nitrogen and oxygen atoms in total. The third-order valence-electron chi connectivity index (χ3n) is 3.52. The zero-order valence-electron chi connectivity index (χ0n) is 14.6. The Kier molecular flexibility index (Phi) is 10.2. The smallest absolute Gasteiger partial charge is 0.193 e. The number of anilines is 1. The standard InChI is InChI=1S/C19H29NOS2/c1-4-10-19(21)23-17-13-9-8-12-16(17)20-18(22)14-7-5-6-11-15(2)3/h8-9,12-13,15H,4-7,10-11,14H2,1-3H3,(H,20,22). The van der Waals surface area contributed by atoms with Crippen LogP contribution >= 0.6 is 24.0 Å². The molecule has 0 amide bonds. The molecule has 0 aromatic heterocycles. The predicted molar refractivity (Wildman–Crippen MR) is 106 cm³/mol. The number of carbonyl (C=O) groups excluding carboxylic acids is 1. The second-order valence-electron chi connectivity index (χ2n) is 6.26. The van der Waals surface area contributed by atoms with Crippen LogP contribution in [0.5, 0.6) is 0 Å². The highest BCUT2D eigenvalue weighted by atomic mass is 32.2. The maximum atomic E-state index is 11.9. The van der Waals surface area contributed by atoms with Crippen LogP contribution in [0.15, 0.2) is 29.2 Å². The van der Waals surface area contributed by atoms with Crippen molar-refractivity contribution >= 4 is 39.8 Å². The van der Waals surface area contributed by atoms with Crippen molar-refractivity contribution in [2.75, 3.05) is 5.32 Å². The molecule has 0 saturated carbocycles. The molecule has 1 rings (SSSR count). The molecule has 0 saturated heterocycles. The number of para-hydroxylation sites is 1. The van der Waals surface area contributed by atoms with Crippen LogP contribution in [0.2, 0.25) is 0 Å². The molecule has 1 N–H and O–H groups in total. The van der Waals surface area contributed by atoms with E-state index in [9.17, 15) is 4.79 Å². The molecule has 0 fully saturated rings. The summed E-state index contributed by atoms with van der Waals surface area (Å²) < 4.78 is 0. The zero-order chi connectivity index (χ0) is 17.1. The van der Waals surface area contributed by atoms with Crippen molar-refractivity contribution < 1.29 is 4.79 Å². The van der Waals surface area contributed by atoms with Crippen LogP contribution in [0, 0.1) is 5.92 Å². The summed E-state index contributed by atoms with van der Waals surface area (Å²) >= 11 is 6.77. The monoisotopic (exact) mass is 351 g/mol. The maximum absolute atomic E-state index is 11.9. The molecule has 0 spiro atoms. The van der Waals surface area contributed by atoms with Crippen molar-refractivity contribution in [1.29, 1.82) is 0 Å². The van der Waals surface area contributed by atoms with Crippen LogP contribution in [0.3, 0.4) is 0 Å². The molecule has 0 aliphatic heterocycles. The SMILES string of the molecule is CCCC(=O)Sc1ccccc1NC(=S)CCCCCC(C)C. The molecule has 4 heteroatoms. The summed E-state index contributed by atoms with van der Waals surface area (Å²) in [5.74, 6) is 0.782. The lowest BCUT2D eigenvalue weighted by molar-refractivity contribution is -0.111. The van der Waals surface area contributed by atoms with Crippen LogP contribution < -0.4 is 5.32 Å². The van der Waals surface area contributed by atoms with Crippen LogP contribution in [-0.4, -0.2) is 10.1 Å². The second kappa shape index (κ2) is 11.6. The van der Waals surface area contributed by atoms with Gasteiger partial charge in [0.2, 0.25) is 0 Å². The van der Waals surface area contributed by atoms with Gasteiger partial charge in [0.15, 0.2) is 5.12 Å². The Bertz CT molecular complexity index is 500. The minimum Gasteiger partial charge on any atom is -0.349 e. The third-order valence-corrected chi connectivity index (χ3v) is 4.84. The fourth-order valence-corrected chi connectivity index (χ4v) is 3.45. The van der Waals surface area contributed by atoms with Crippen molar-refractivity contribution in [3.8, 4) is 0 Å². The topological polar surface area (TPSA) is 29.1 Å². The van der Waals surface area contributed by atoms with Gasteiger partial charge < -0.3 is 5.32 Å². The molecule has 0 aliphatic rings. The predicted octanol–water partition coefficient (Wildman–Crippen LogP) is 6.45. The molecular formula is C19H29NOS2. The first-order valence-electron chi connectivity index (χ1n) is 8.62. The van der Waals surface area contributed by atoms with Gasteiger partial charge in [0, 0.05) is 11.3 Å². The summed E-state index contributed by atoms with van der Waals surface area (Å²) in [6.07, 6.45) is 7.33. The Hall–Kier alpha value is -0.870. The number of thiocarbonyl (C=S) groups is 1. The van der Waals surface area contributed by atoms with E-state index in [1.165, 1.54) is 31.0 Å². The summed E-state index contributed by atoms with van der Waals surface area (Å²) in [4.78, 5) is 13.7. The van der Waals surface area contributed by atoms with E-state index in [2.05, 4.69) is 19.2 Å². The molecule has 1 aromatic carbocycles. The fraction of sp³-hybridized carbons (Fsp3) is 0.579. The third kappa shape index (κ3) is 9.11. The highest BCUT2D eigenvalue weighted by Gasteiger charge is 2.09. The molecule has 0 atom stereocenters. The molecule has 0 bridgehead atoms. The largest absolute Gasteiger partial charge is 0.349 e. The van der Waals surface area contributed by atoms with Gasteiger partial charge in [-0.15, -0.1) is 0 Å². The lowest BCUT2D eigenvalue weighted by atomic mass is 10.0. The quantitative estimate of drug-likeness (QED) is 0.298. The number of benzene rings is 1. The minimum absolute atomic E-state index is 0.210. The number of rotatable bonds is 10. The molecule has 23 heavy (non-hydrogen) atoms. The van der Waals surface area contributed by atoms with E-state index in [4.69, 9.17) is 12.2 Å². The van der Waals surface area contributed by atoms with E-state index in [-0.39, 0.29) is 5.12 Å². The van der Waals surface area contributed by atoms with Gasteiger partial charge in [0.1, 0.15) is 0 Å². The summed E-state index contributed by atoms with van der Waals surface area (Å²) in [6.45, 7) is 6.55. The Labute approximate surface area is 150 Å². The Morgan fingerprint density at radius 1 is 1.17 bits per heavy atom. The molecule has 0 heterocycles. The average molecular weight is 352 g/mol. The molecular weight excluding hydrogens is 322 g/mol. The minimum atomic E-state index is 0.210. The van der Waals surface area contributed by atoms with Gasteiger partial charge >= 0.3 is 0 Å². The first kappa shape index (κ1) is 20.2. The van der Waals surface area contributed by atoms with Crippen molar-refractivity contribution in [3.63, 3.8) is 0 Å². The first-order valence-corrected chi connectivity index (χ1v) is 9.85. The number of carbonyl (C=O) groups is 1. The molecule has 0 radical (unpaired) electrons. The lowest BCUT2D eigenvalue weighted by Gasteiger charge is -2.12. The van der Waals surface area contributed by atoms with Gasteiger partial charge in [-0.1, -0.05) is 64.4 Å². The van der Waals surface area contributed by atoms with Gasteiger partial charge in [0.05, 0.1) is 10.7 Å². The number of nitrogens with one attached hydrogen (secondary N) is 1. The number of hydrogen-bond acceptors (Lipinski definition) is 3. The first-order chi connectivity index (χ1) is 11.0. The van der Waals surface area contributed by atoms with Crippen molar-refractivity contribution in [1.82, 2.24) is 0 Å². The lowest BCUT2D eigenvalue weighted by Crippen LogP contribution is -2.09. The number of hydrogen-bond donors (Lipinski definition) is 1. The van der Waals surface area contributed by atoms with Crippen molar-refractivity contribution in [2.24, 2.45) is 5.92 Å². The average Bonchev–Trinajstić information content (AvgIpc) is 2.49. The Morgan fingerprint density at radius 2 is 1.91 bits per heavy atom. The summed E-state index contributed by atoms with van der Waals surface area (Å²) in [5.41, 5.74) is 0.953. The van der Waals surface area contributed by atoms with Gasteiger partial charge in [-0.3, -0.25) is 4.79 Å². The van der Waals surface area contributed by atoms with E-state index < -0.39 is 0 Å². The van der Waals surface area contributed by atoms with E-state index >= 15 is 0 Å². The summed E-state index contributed by atoms with van der Waals surface area (Å²) in [6, 6.07) is 7.90. The maximum Gasteiger partial charge on any atom is 0.193 e.